The van der Waals surface area contributed by atoms with Gasteiger partial charge in [-0.05, 0) is 108 Å². The molecule has 3 saturated carbocycles. The molecule has 0 spiro atoms. The van der Waals surface area contributed by atoms with Gasteiger partial charge in [0.15, 0.2) is 0 Å². The van der Waals surface area contributed by atoms with E-state index >= 15 is 0 Å². The zero-order valence-electron chi connectivity index (χ0n) is 27.6. The number of hydrogen-bond donors (Lipinski definition) is 0. The molecule has 0 aromatic rings. The molecule has 38 heavy (non-hydrogen) atoms. The van der Waals surface area contributed by atoms with Gasteiger partial charge in [0.2, 0.25) is 0 Å². The number of nitrogens with zero attached hydrogens (tertiary/aromatic N) is 1. The predicted octanol–water partition coefficient (Wildman–Crippen LogP) is 13.1. The van der Waals surface area contributed by atoms with Crippen molar-refractivity contribution in [2.45, 2.75) is 153 Å². The first-order valence-electron chi connectivity index (χ1n) is 16.1. The topological polar surface area (TPSA) is 23.8 Å². The normalized spacial score (nSPS) is 23.8. The molecule has 0 bridgehead atoms. The summed E-state index contributed by atoms with van der Waals surface area (Å²) < 4.78 is 0. The second kappa shape index (κ2) is 28.2. The Morgan fingerprint density at radius 3 is 1.92 bits per heavy atom. The van der Waals surface area contributed by atoms with E-state index in [1.807, 2.05) is 27.7 Å². The number of hydrogen-bond acceptors (Lipinski definition) is 1. The Balaban J connectivity index is -0.000000886. The molecule has 3 fully saturated rings. The molecule has 3 rings (SSSR count). The zero-order valence-corrected chi connectivity index (χ0v) is 27.6. The molecule has 3 aliphatic rings. The minimum atomic E-state index is 0.869. The molecule has 1 heteroatoms. The van der Waals surface area contributed by atoms with Gasteiger partial charge < -0.3 is 0 Å². The van der Waals surface area contributed by atoms with Crippen LogP contribution < -0.4 is 0 Å². The van der Waals surface area contributed by atoms with Gasteiger partial charge in [0.1, 0.15) is 0 Å². The van der Waals surface area contributed by atoms with Crippen LogP contribution in [-0.4, -0.2) is 0 Å². The van der Waals surface area contributed by atoms with E-state index in [0.717, 1.165) is 17.8 Å². The minimum absolute atomic E-state index is 0.869. The van der Waals surface area contributed by atoms with Crippen molar-refractivity contribution < 1.29 is 0 Å². The summed E-state index contributed by atoms with van der Waals surface area (Å²) in [5, 5.41) is 6.50. The SMILES string of the molecule is C#N.C=C1CCCC/C1=C/C=C1\CCCC2C(CC/C=C(\C)C(=C)C)CCC12.CC.CC.CCC.CCC. The lowest BCUT2D eigenvalue weighted by Gasteiger charge is -2.32. The Kier molecular flexibility index (Phi) is 30.2. The van der Waals surface area contributed by atoms with Gasteiger partial charge in [0.05, 0.1) is 0 Å². The van der Waals surface area contributed by atoms with E-state index in [1.54, 1.807) is 5.57 Å². The molecule has 0 saturated heterocycles. The van der Waals surface area contributed by atoms with Crippen LogP contribution >= 0.6 is 0 Å². The maximum atomic E-state index is 6.50. The Labute approximate surface area is 241 Å². The van der Waals surface area contributed by atoms with E-state index in [-0.39, 0.29) is 0 Å². The van der Waals surface area contributed by atoms with Crippen LogP contribution in [0, 0.1) is 29.6 Å². The van der Waals surface area contributed by atoms with Crippen LogP contribution in [0.5, 0.6) is 0 Å². The maximum Gasteiger partial charge on any atom is 0.0462 e. The van der Waals surface area contributed by atoms with Crippen LogP contribution in [-0.2, 0) is 0 Å². The molecule has 0 amide bonds. The molecule has 0 heterocycles. The van der Waals surface area contributed by atoms with E-state index in [9.17, 15) is 0 Å². The number of allylic oxidation sites excluding steroid dienone is 8. The van der Waals surface area contributed by atoms with E-state index in [4.69, 9.17) is 5.26 Å². The Hall–Kier alpha value is -1.81. The number of fused-ring (bicyclic) bond motifs is 1. The molecule has 0 aliphatic heterocycles. The highest BCUT2D eigenvalue weighted by atomic mass is 14.4. The zero-order chi connectivity index (χ0) is 29.9. The second-order valence-electron chi connectivity index (χ2n) is 10.4. The van der Waals surface area contributed by atoms with Crippen LogP contribution in [0.1, 0.15) is 153 Å². The first-order valence-corrected chi connectivity index (χ1v) is 16.1. The lowest BCUT2D eigenvalue weighted by atomic mass is 9.74. The second-order valence-corrected chi connectivity index (χ2v) is 10.4. The van der Waals surface area contributed by atoms with E-state index in [1.165, 1.54) is 106 Å². The van der Waals surface area contributed by atoms with E-state index in [0.29, 0.717) is 0 Å². The fourth-order valence-corrected chi connectivity index (χ4v) is 5.43. The van der Waals surface area contributed by atoms with Gasteiger partial charge >= 0.3 is 0 Å². The Bertz CT molecular complexity index is 697. The molecule has 3 aliphatic carbocycles. The highest BCUT2D eigenvalue weighted by Crippen LogP contribution is 2.50. The third-order valence-corrected chi connectivity index (χ3v) is 7.24. The fourth-order valence-electron chi connectivity index (χ4n) is 5.43. The summed E-state index contributed by atoms with van der Waals surface area (Å²) in [7, 11) is 0. The van der Waals surface area contributed by atoms with E-state index in [2.05, 4.69) is 79.5 Å². The van der Waals surface area contributed by atoms with Crippen LogP contribution in [0.4, 0.5) is 0 Å². The summed E-state index contributed by atoms with van der Waals surface area (Å²) in [6.07, 6.45) is 24.6. The van der Waals surface area contributed by atoms with Crippen molar-refractivity contribution in [1.29, 1.82) is 5.26 Å². The summed E-state index contributed by atoms with van der Waals surface area (Å²) in [4.78, 5) is 0. The predicted molar refractivity (Wildman–Crippen MR) is 176 cm³/mol. The van der Waals surface area contributed by atoms with Crippen molar-refractivity contribution in [1.82, 2.24) is 0 Å². The molecule has 1 nitrogen and oxygen atoms in total. The Morgan fingerprint density at radius 1 is 0.842 bits per heavy atom. The molecule has 3 unspecified atom stereocenters. The summed E-state index contributed by atoms with van der Waals surface area (Å²) >= 11 is 0. The molecular formula is C37H67N. The van der Waals surface area contributed by atoms with Crippen LogP contribution in [0.2, 0.25) is 0 Å². The van der Waals surface area contributed by atoms with Gasteiger partial charge in [-0.2, -0.15) is 0 Å². The van der Waals surface area contributed by atoms with E-state index < -0.39 is 0 Å². The molecular weight excluding hydrogens is 458 g/mol. The Morgan fingerprint density at radius 2 is 1.39 bits per heavy atom. The lowest BCUT2D eigenvalue weighted by Crippen LogP contribution is -2.21. The maximum absolute atomic E-state index is 6.50. The van der Waals surface area contributed by atoms with Crippen molar-refractivity contribution >= 4 is 0 Å². The fraction of sp³-hybridized carbons (Fsp3) is 0.703. The van der Waals surface area contributed by atoms with Gasteiger partial charge in [-0.25, -0.2) is 5.26 Å². The minimum Gasteiger partial charge on any atom is -0.202 e. The average Bonchev–Trinajstić information content (AvgIpc) is 3.36. The van der Waals surface area contributed by atoms with Crippen LogP contribution in [0.15, 0.2) is 59.3 Å². The molecule has 0 radical (unpaired) electrons. The summed E-state index contributed by atoms with van der Waals surface area (Å²) in [5.41, 5.74) is 7.27. The first-order chi connectivity index (χ1) is 18.4. The smallest absolute Gasteiger partial charge is 0.0462 e. The van der Waals surface area contributed by atoms with Crippen LogP contribution in [0.3, 0.4) is 0 Å². The molecule has 0 aromatic carbocycles. The van der Waals surface area contributed by atoms with Crippen LogP contribution in [0.25, 0.3) is 0 Å². The number of rotatable bonds is 5. The monoisotopic (exact) mass is 526 g/mol. The van der Waals surface area contributed by atoms with Gasteiger partial charge in [-0.1, -0.05) is 122 Å². The van der Waals surface area contributed by atoms with Crippen molar-refractivity contribution in [3.63, 3.8) is 0 Å². The van der Waals surface area contributed by atoms with Crippen molar-refractivity contribution in [2.24, 2.45) is 17.8 Å². The molecule has 3 atom stereocenters. The summed E-state index contributed by atoms with van der Waals surface area (Å²) in [6, 6.07) is 0. The lowest BCUT2D eigenvalue weighted by molar-refractivity contribution is 0.268. The molecule has 0 N–H and O–H groups in total. The summed E-state index contributed by atoms with van der Waals surface area (Å²) in [5.74, 6) is 2.75. The molecule has 220 valence electrons. The van der Waals surface area contributed by atoms with Crippen molar-refractivity contribution in [2.75, 3.05) is 0 Å². The number of nitriles is 1. The van der Waals surface area contributed by atoms with Crippen molar-refractivity contribution in [3.8, 4) is 6.57 Å². The van der Waals surface area contributed by atoms with Gasteiger partial charge in [-0.3, -0.25) is 0 Å². The largest absolute Gasteiger partial charge is 0.202 e. The van der Waals surface area contributed by atoms with Gasteiger partial charge in [0, 0.05) is 6.57 Å². The average molecular weight is 526 g/mol. The standard InChI is InChI=1S/C26H38.2C3H8.2C2H6.CHN/c1-19(2)20(3)10-7-12-24-17-18-26-23(13-8-14-25(24)26)16-15-22-11-6-5-9-21(22)4;2*1-3-2;3*1-2/h10,15-16,24-26H,1,4-9,11-14,17-18H2,2-3H3;2*3H2,1-2H3;2*1-2H3;1H/b20-10+,22-15-,23-16+;;;;;. The first kappa shape index (κ1) is 40.7. The highest BCUT2D eigenvalue weighted by Gasteiger charge is 2.38. The summed E-state index contributed by atoms with van der Waals surface area (Å²) in [6.45, 7) is 32.7. The van der Waals surface area contributed by atoms with Gasteiger partial charge in [0.25, 0.3) is 0 Å². The highest BCUT2D eigenvalue weighted by molar-refractivity contribution is 5.35. The molecule has 0 aromatic heterocycles. The van der Waals surface area contributed by atoms with Crippen molar-refractivity contribution in [3.05, 3.63) is 59.3 Å². The van der Waals surface area contributed by atoms with Gasteiger partial charge in [-0.15, -0.1) is 0 Å². The quantitative estimate of drug-likeness (QED) is 0.327. The third-order valence-electron chi connectivity index (χ3n) is 7.24. The third kappa shape index (κ3) is 16.9.